The van der Waals surface area contributed by atoms with Gasteiger partial charge >= 0.3 is 0 Å². The molecule has 34 heavy (non-hydrogen) atoms. The number of benzene rings is 3. The Hall–Kier alpha value is -2.90. The number of aliphatic hydroxyl groups excluding tert-OH is 1. The van der Waals surface area contributed by atoms with E-state index in [4.69, 9.17) is 16.3 Å². The van der Waals surface area contributed by atoms with Crippen molar-refractivity contribution in [1.29, 1.82) is 0 Å². The lowest BCUT2D eigenvalue weighted by atomic mass is 9.99. The van der Waals surface area contributed by atoms with Crippen LogP contribution in [0.3, 0.4) is 0 Å². The quantitative estimate of drug-likeness (QED) is 0.402. The summed E-state index contributed by atoms with van der Waals surface area (Å²) in [6.07, 6.45) is 1.44. The Morgan fingerprint density at radius 1 is 1.06 bits per heavy atom. The second-order valence-corrected chi connectivity index (χ2v) is 9.01. The first kappa shape index (κ1) is 24.2. The molecular formula is C27H30ClN3O3. The Morgan fingerprint density at radius 3 is 2.59 bits per heavy atom. The first-order valence-electron chi connectivity index (χ1n) is 11.6. The number of halogens is 1. The summed E-state index contributed by atoms with van der Waals surface area (Å²) in [5, 5.41) is 16.2. The first-order valence-corrected chi connectivity index (χ1v) is 11.9. The Balaban J connectivity index is 1.21. The van der Waals surface area contributed by atoms with E-state index in [1.54, 1.807) is 24.3 Å². The lowest BCUT2D eigenvalue weighted by molar-refractivity contribution is 0.0817. The van der Waals surface area contributed by atoms with Crippen molar-refractivity contribution in [2.24, 2.45) is 5.92 Å². The lowest BCUT2D eigenvalue weighted by Gasteiger charge is -2.21. The van der Waals surface area contributed by atoms with E-state index >= 15 is 0 Å². The molecule has 0 aromatic heterocycles. The summed E-state index contributed by atoms with van der Waals surface area (Å²) in [5.74, 6) is 0.887. The average molecular weight is 480 g/mol. The van der Waals surface area contributed by atoms with Crippen LogP contribution in [0.15, 0.2) is 78.9 Å². The van der Waals surface area contributed by atoms with Crippen LogP contribution < -0.4 is 15.5 Å². The molecule has 1 aliphatic rings. The molecule has 3 N–H and O–H groups in total. The minimum absolute atomic E-state index is 0.118. The van der Waals surface area contributed by atoms with Gasteiger partial charge in [0.2, 0.25) is 0 Å². The molecule has 0 aliphatic carbocycles. The van der Waals surface area contributed by atoms with Crippen LogP contribution in [-0.4, -0.2) is 48.4 Å². The van der Waals surface area contributed by atoms with Gasteiger partial charge in [-0.05, 0) is 60.7 Å². The number of carbonyl (C=O) groups is 1. The highest BCUT2D eigenvalue weighted by molar-refractivity contribution is 6.30. The first-order chi connectivity index (χ1) is 16.6. The number of aliphatic hydroxyl groups is 1. The van der Waals surface area contributed by atoms with E-state index in [1.807, 2.05) is 42.5 Å². The van der Waals surface area contributed by atoms with Gasteiger partial charge in [0, 0.05) is 30.2 Å². The molecule has 0 bridgehead atoms. The molecule has 7 heteroatoms. The zero-order valence-corrected chi connectivity index (χ0v) is 19.7. The van der Waals surface area contributed by atoms with E-state index in [2.05, 4.69) is 27.9 Å². The predicted octanol–water partition coefficient (Wildman–Crippen LogP) is 4.40. The third-order valence-electron chi connectivity index (χ3n) is 5.88. The highest BCUT2D eigenvalue weighted by atomic mass is 35.5. The molecule has 2 atom stereocenters. The van der Waals surface area contributed by atoms with Crippen molar-refractivity contribution in [3.63, 3.8) is 0 Å². The molecule has 6 nitrogen and oxygen atoms in total. The van der Waals surface area contributed by atoms with Gasteiger partial charge in [0.15, 0.2) is 0 Å². The molecule has 1 saturated heterocycles. The lowest BCUT2D eigenvalue weighted by Crippen LogP contribution is -2.42. The maximum atomic E-state index is 12.5. The number of ether oxygens (including phenoxy) is 1. The highest BCUT2D eigenvalue weighted by Gasteiger charge is 2.23. The smallest absolute Gasteiger partial charge is 0.255 e. The SMILES string of the molecule is O=C(Nc1ccccc1OCC(O)CNN1CC[C@H](Cc2ccc(Cl)cc2)C1)c1ccccc1. The normalized spacial score (nSPS) is 16.8. The molecule has 0 saturated carbocycles. The monoisotopic (exact) mass is 479 g/mol. The van der Waals surface area contributed by atoms with Gasteiger partial charge < -0.3 is 15.2 Å². The Labute approximate surface area is 205 Å². The van der Waals surface area contributed by atoms with Crippen molar-refractivity contribution in [2.75, 3.05) is 31.6 Å². The number of hydrazine groups is 1. The number of nitrogens with zero attached hydrogens (tertiary/aromatic N) is 1. The van der Waals surface area contributed by atoms with Gasteiger partial charge in [-0.2, -0.15) is 0 Å². The largest absolute Gasteiger partial charge is 0.489 e. The minimum atomic E-state index is -0.687. The Morgan fingerprint density at radius 2 is 1.79 bits per heavy atom. The van der Waals surface area contributed by atoms with E-state index in [0.717, 1.165) is 31.0 Å². The summed E-state index contributed by atoms with van der Waals surface area (Å²) in [6.45, 7) is 2.39. The van der Waals surface area contributed by atoms with E-state index in [0.29, 0.717) is 29.5 Å². The maximum Gasteiger partial charge on any atom is 0.255 e. The molecule has 178 valence electrons. The van der Waals surface area contributed by atoms with Gasteiger partial charge in [-0.1, -0.05) is 54.1 Å². The summed E-state index contributed by atoms with van der Waals surface area (Å²) < 4.78 is 5.83. The van der Waals surface area contributed by atoms with E-state index < -0.39 is 6.10 Å². The molecular weight excluding hydrogens is 450 g/mol. The fraction of sp³-hybridized carbons (Fsp3) is 0.296. The second kappa shape index (κ2) is 12.0. The highest BCUT2D eigenvalue weighted by Crippen LogP contribution is 2.25. The van der Waals surface area contributed by atoms with Crippen molar-refractivity contribution < 1.29 is 14.6 Å². The number of hydrogen-bond acceptors (Lipinski definition) is 5. The van der Waals surface area contributed by atoms with Crippen LogP contribution in [0.25, 0.3) is 0 Å². The van der Waals surface area contributed by atoms with Crippen molar-refractivity contribution in [3.8, 4) is 5.75 Å². The van der Waals surface area contributed by atoms with Crippen LogP contribution >= 0.6 is 11.6 Å². The predicted molar refractivity (Wildman–Crippen MR) is 135 cm³/mol. The number of para-hydroxylation sites is 2. The van der Waals surface area contributed by atoms with Gasteiger partial charge in [0.25, 0.3) is 5.91 Å². The molecule has 4 rings (SSSR count). The average Bonchev–Trinajstić information content (AvgIpc) is 3.31. The van der Waals surface area contributed by atoms with Crippen LogP contribution in [0.5, 0.6) is 5.75 Å². The number of amides is 1. The fourth-order valence-electron chi connectivity index (χ4n) is 4.06. The van der Waals surface area contributed by atoms with Gasteiger partial charge in [-0.3, -0.25) is 10.2 Å². The van der Waals surface area contributed by atoms with E-state index in [-0.39, 0.29) is 12.5 Å². The summed E-state index contributed by atoms with van der Waals surface area (Å²) in [6, 6.07) is 24.3. The Bertz CT molecular complexity index is 1060. The molecule has 0 radical (unpaired) electrons. The van der Waals surface area contributed by atoms with Crippen LogP contribution in [0, 0.1) is 5.92 Å². The number of nitrogens with one attached hydrogen (secondary N) is 2. The van der Waals surface area contributed by atoms with Crippen molar-refractivity contribution in [3.05, 3.63) is 95.0 Å². The Kier molecular flexibility index (Phi) is 8.55. The van der Waals surface area contributed by atoms with Gasteiger partial charge in [-0.25, -0.2) is 5.01 Å². The van der Waals surface area contributed by atoms with Crippen molar-refractivity contribution in [1.82, 2.24) is 10.4 Å². The second-order valence-electron chi connectivity index (χ2n) is 8.57. The van der Waals surface area contributed by atoms with Gasteiger partial charge in [0.1, 0.15) is 18.5 Å². The molecule has 1 aliphatic heterocycles. The molecule has 1 heterocycles. The van der Waals surface area contributed by atoms with Gasteiger partial charge in [-0.15, -0.1) is 0 Å². The third kappa shape index (κ3) is 7.05. The van der Waals surface area contributed by atoms with Crippen LogP contribution in [0.1, 0.15) is 22.3 Å². The van der Waals surface area contributed by atoms with Crippen molar-refractivity contribution in [2.45, 2.75) is 18.9 Å². The molecule has 3 aromatic carbocycles. The van der Waals surface area contributed by atoms with Crippen LogP contribution in [-0.2, 0) is 6.42 Å². The maximum absolute atomic E-state index is 12.5. The topological polar surface area (TPSA) is 73.8 Å². The third-order valence-corrected chi connectivity index (χ3v) is 6.13. The zero-order valence-electron chi connectivity index (χ0n) is 19.0. The molecule has 1 unspecified atom stereocenters. The minimum Gasteiger partial charge on any atom is -0.489 e. The summed E-state index contributed by atoms with van der Waals surface area (Å²) in [7, 11) is 0. The van der Waals surface area contributed by atoms with Crippen LogP contribution in [0.4, 0.5) is 5.69 Å². The zero-order chi connectivity index (χ0) is 23.8. The molecule has 0 spiro atoms. The number of carbonyl (C=O) groups excluding carboxylic acids is 1. The summed E-state index contributed by atoms with van der Waals surface area (Å²) in [4.78, 5) is 12.5. The molecule has 1 fully saturated rings. The van der Waals surface area contributed by atoms with E-state index in [9.17, 15) is 9.90 Å². The van der Waals surface area contributed by atoms with Crippen molar-refractivity contribution >= 4 is 23.2 Å². The number of hydrogen-bond donors (Lipinski definition) is 3. The summed E-state index contributed by atoms with van der Waals surface area (Å²) in [5.41, 5.74) is 5.76. The van der Waals surface area contributed by atoms with Crippen LogP contribution in [0.2, 0.25) is 5.02 Å². The number of anilines is 1. The van der Waals surface area contributed by atoms with E-state index in [1.165, 1.54) is 5.56 Å². The summed E-state index contributed by atoms with van der Waals surface area (Å²) >= 11 is 5.97. The molecule has 1 amide bonds. The standard InChI is InChI=1S/C27H30ClN3O3/c28-23-12-10-20(11-13-23)16-21-14-15-31(18-21)29-17-24(32)19-34-26-9-5-4-8-25(26)30-27(33)22-6-2-1-3-7-22/h1-13,21,24,29,32H,14-19H2,(H,30,33)/t21-,24?/m1/s1. The fourth-order valence-corrected chi connectivity index (χ4v) is 4.18. The van der Waals surface area contributed by atoms with Gasteiger partial charge in [0.05, 0.1) is 5.69 Å². The molecule has 3 aromatic rings. The number of rotatable bonds is 10.